The van der Waals surface area contributed by atoms with Crippen LogP contribution >= 0.6 is 23.6 Å². The number of aryl methyl sites for hydroxylation is 3. The fraction of sp³-hybridized carbons (Fsp3) is 0.526. The highest BCUT2D eigenvalue weighted by atomic mass is 32.1. The number of esters is 1. The molecule has 1 saturated heterocycles. The van der Waals surface area contributed by atoms with Crippen molar-refractivity contribution in [3.63, 3.8) is 0 Å². The second-order valence-electron chi connectivity index (χ2n) is 6.91. The number of ether oxygens (including phenoxy) is 1. The average molecular weight is 422 g/mol. The van der Waals surface area contributed by atoms with E-state index in [4.69, 9.17) is 17.0 Å². The van der Waals surface area contributed by atoms with Gasteiger partial charge in [0.1, 0.15) is 5.00 Å². The highest BCUT2D eigenvalue weighted by Crippen LogP contribution is 2.29. The van der Waals surface area contributed by atoms with Crippen LogP contribution in [0.2, 0.25) is 0 Å². The van der Waals surface area contributed by atoms with Gasteiger partial charge in [0.2, 0.25) is 0 Å². The number of thiocarbonyl (C=S) groups is 1. The van der Waals surface area contributed by atoms with Crippen molar-refractivity contribution in [2.75, 3.05) is 38.6 Å². The first kappa shape index (κ1) is 20.8. The topological polar surface area (TPSA) is 62.6 Å². The smallest absolute Gasteiger partial charge is 0.340 e. The Balaban J connectivity index is 1.58. The van der Waals surface area contributed by atoms with Crippen LogP contribution in [0.1, 0.15) is 33.4 Å². The summed E-state index contributed by atoms with van der Waals surface area (Å²) in [5.74, 6) is -0.335. The predicted molar refractivity (Wildman–Crippen MR) is 116 cm³/mol. The quantitative estimate of drug-likeness (QED) is 0.588. The molecule has 0 aliphatic carbocycles. The van der Waals surface area contributed by atoms with E-state index in [-0.39, 0.29) is 5.97 Å². The van der Waals surface area contributed by atoms with E-state index in [9.17, 15) is 4.79 Å². The van der Waals surface area contributed by atoms with Gasteiger partial charge >= 0.3 is 5.97 Å². The highest BCUT2D eigenvalue weighted by Gasteiger charge is 2.22. The largest absolute Gasteiger partial charge is 0.465 e. The molecule has 0 aromatic carbocycles. The first-order chi connectivity index (χ1) is 13.4. The number of carbonyl (C=O) groups is 1. The van der Waals surface area contributed by atoms with Crippen molar-refractivity contribution >= 4 is 39.6 Å². The van der Waals surface area contributed by atoms with E-state index in [2.05, 4.69) is 40.3 Å². The van der Waals surface area contributed by atoms with Crippen molar-refractivity contribution in [1.29, 1.82) is 0 Å². The van der Waals surface area contributed by atoms with Crippen LogP contribution in [0, 0.1) is 6.92 Å². The number of aromatic nitrogens is 2. The van der Waals surface area contributed by atoms with Gasteiger partial charge in [-0.2, -0.15) is 5.10 Å². The summed E-state index contributed by atoms with van der Waals surface area (Å²) in [4.78, 5) is 17.7. The third kappa shape index (κ3) is 4.71. The number of thiophene rings is 1. The van der Waals surface area contributed by atoms with Crippen molar-refractivity contribution in [1.82, 2.24) is 19.6 Å². The molecule has 0 bridgehead atoms. The van der Waals surface area contributed by atoms with Gasteiger partial charge in [-0.1, -0.05) is 6.92 Å². The zero-order chi connectivity index (χ0) is 20.3. The van der Waals surface area contributed by atoms with Crippen molar-refractivity contribution in [2.24, 2.45) is 7.05 Å². The van der Waals surface area contributed by atoms with E-state index in [1.54, 1.807) is 11.3 Å². The fourth-order valence-corrected chi connectivity index (χ4v) is 4.63. The van der Waals surface area contributed by atoms with Crippen LogP contribution in [0.5, 0.6) is 0 Å². The predicted octanol–water partition coefficient (Wildman–Crippen LogP) is 2.65. The zero-order valence-electron chi connectivity index (χ0n) is 16.8. The molecule has 3 rings (SSSR count). The van der Waals surface area contributed by atoms with Crippen molar-refractivity contribution in [3.8, 4) is 0 Å². The van der Waals surface area contributed by atoms with Gasteiger partial charge in [0.15, 0.2) is 5.11 Å². The molecule has 0 radical (unpaired) electrons. The molecule has 0 spiro atoms. The minimum atomic E-state index is -0.335. The highest BCUT2D eigenvalue weighted by molar-refractivity contribution is 7.80. The number of nitrogens with one attached hydrogen (secondary N) is 1. The van der Waals surface area contributed by atoms with E-state index in [0.717, 1.165) is 54.7 Å². The SMILES string of the molecule is CCc1cc(C(=O)OC)c(NC(=S)N2CCN(Cc3cn(C)nc3C)CC2)s1. The number of methoxy groups -OCH3 is 1. The van der Waals surface area contributed by atoms with E-state index in [0.29, 0.717) is 10.7 Å². The summed E-state index contributed by atoms with van der Waals surface area (Å²) < 4.78 is 6.77. The molecule has 1 aliphatic heterocycles. The summed E-state index contributed by atoms with van der Waals surface area (Å²) >= 11 is 7.17. The lowest BCUT2D eigenvalue weighted by molar-refractivity contribution is 0.0602. The summed E-state index contributed by atoms with van der Waals surface area (Å²) in [5.41, 5.74) is 2.91. The van der Waals surface area contributed by atoms with Crippen LogP contribution in [-0.4, -0.2) is 64.0 Å². The molecule has 0 unspecified atom stereocenters. The number of hydrogen-bond donors (Lipinski definition) is 1. The monoisotopic (exact) mass is 421 g/mol. The summed E-state index contributed by atoms with van der Waals surface area (Å²) in [7, 11) is 3.35. The number of rotatable bonds is 5. The Kier molecular flexibility index (Phi) is 6.69. The molecule has 152 valence electrons. The minimum Gasteiger partial charge on any atom is -0.465 e. The van der Waals surface area contributed by atoms with Crippen LogP contribution in [0.3, 0.4) is 0 Å². The van der Waals surface area contributed by atoms with Crippen LogP contribution in [0.15, 0.2) is 12.3 Å². The Labute approximate surface area is 175 Å². The molecule has 28 heavy (non-hydrogen) atoms. The third-order valence-electron chi connectivity index (χ3n) is 4.93. The molecule has 0 atom stereocenters. The van der Waals surface area contributed by atoms with Gasteiger partial charge in [-0.05, 0) is 31.6 Å². The van der Waals surface area contributed by atoms with E-state index < -0.39 is 0 Å². The number of hydrogen-bond acceptors (Lipinski definition) is 6. The van der Waals surface area contributed by atoms with Crippen LogP contribution in [0.4, 0.5) is 5.00 Å². The maximum atomic E-state index is 12.0. The van der Waals surface area contributed by atoms with Gasteiger partial charge in [0.25, 0.3) is 0 Å². The van der Waals surface area contributed by atoms with Gasteiger partial charge in [-0.15, -0.1) is 11.3 Å². The Morgan fingerprint density at radius 1 is 1.36 bits per heavy atom. The Morgan fingerprint density at radius 3 is 2.64 bits per heavy atom. The van der Waals surface area contributed by atoms with E-state index in [1.807, 2.05) is 17.8 Å². The average Bonchev–Trinajstić information content (AvgIpc) is 3.23. The molecular weight excluding hydrogens is 394 g/mol. The zero-order valence-corrected chi connectivity index (χ0v) is 18.5. The van der Waals surface area contributed by atoms with Gasteiger partial charge in [-0.3, -0.25) is 9.58 Å². The van der Waals surface area contributed by atoms with Gasteiger partial charge < -0.3 is 15.0 Å². The normalized spacial score (nSPS) is 14.9. The molecule has 2 aromatic heterocycles. The number of carbonyl (C=O) groups excluding carboxylic acids is 1. The molecule has 0 saturated carbocycles. The summed E-state index contributed by atoms with van der Waals surface area (Å²) in [6.45, 7) is 8.60. The van der Waals surface area contributed by atoms with Crippen molar-refractivity contribution in [3.05, 3.63) is 34.0 Å². The second kappa shape index (κ2) is 9.02. The molecule has 1 fully saturated rings. The maximum absolute atomic E-state index is 12.0. The van der Waals surface area contributed by atoms with E-state index >= 15 is 0 Å². The van der Waals surface area contributed by atoms with Crippen LogP contribution in [0.25, 0.3) is 0 Å². The standard InChI is InChI=1S/C19H27N5O2S2/c1-5-15-10-16(18(25)26-4)17(28-15)20-19(27)24-8-6-23(7-9-24)12-14-11-22(3)21-13(14)2/h10-11H,5-9,12H2,1-4H3,(H,20,27). The first-order valence-electron chi connectivity index (χ1n) is 9.39. The lowest BCUT2D eigenvalue weighted by Gasteiger charge is -2.36. The molecule has 2 aromatic rings. The first-order valence-corrected chi connectivity index (χ1v) is 10.6. The summed E-state index contributed by atoms with van der Waals surface area (Å²) in [5, 5.41) is 9.11. The molecule has 0 amide bonds. The number of anilines is 1. The molecule has 7 nitrogen and oxygen atoms in total. The van der Waals surface area contributed by atoms with Crippen molar-refractivity contribution < 1.29 is 9.53 Å². The van der Waals surface area contributed by atoms with E-state index in [1.165, 1.54) is 12.7 Å². The third-order valence-corrected chi connectivity index (χ3v) is 6.48. The number of nitrogens with zero attached hydrogens (tertiary/aromatic N) is 4. The Bertz CT molecular complexity index is 853. The second-order valence-corrected chi connectivity index (χ2v) is 8.43. The lowest BCUT2D eigenvalue weighted by Crippen LogP contribution is -2.49. The van der Waals surface area contributed by atoms with Crippen LogP contribution < -0.4 is 5.32 Å². The molecule has 3 heterocycles. The fourth-order valence-electron chi connectivity index (χ4n) is 3.30. The molecular formula is C19H27N5O2S2. The lowest BCUT2D eigenvalue weighted by atomic mass is 10.2. The van der Waals surface area contributed by atoms with Gasteiger partial charge in [-0.25, -0.2) is 4.79 Å². The van der Waals surface area contributed by atoms with Gasteiger partial charge in [0.05, 0.1) is 18.4 Å². The number of piperazine rings is 1. The molecule has 1 aliphatic rings. The molecule has 1 N–H and O–H groups in total. The van der Waals surface area contributed by atoms with Gasteiger partial charge in [0, 0.05) is 56.4 Å². The summed E-state index contributed by atoms with van der Waals surface area (Å²) in [6, 6.07) is 1.88. The Hall–Kier alpha value is -1.97. The summed E-state index contributed by atoms with van der Waals surface area (Å²) in [6.07, 6.45) is 2.96. The minimum absolute atomic E-state index is 0.335. The maximum Gasteiger partial charge on any atom is 0.340 e. The van der Waals surface area contributed by atoms with Crippen LogP contribution in [-0.2, 0) is 24.8 Å². The molecule has 9 heteroatoms. The Morgan fingerprint density at radius 2 is 2.07 bits per heavy atom. The van der Waals surface area contributed by atoms with Crippen molar-refractivity contribution in [2.45, 2.75) is 26.8 Å².